The molecule has 0 unspecified atom stereocenters. The number of aromatic amines is 1. The van der Waals surface area contributed by atoms with Crippen LogP contribution in [0.2, 0.25) is 0 Å². The van der Waals surface area contributed by atoms with Crippen LogP contribution < -0.4 is 5.56 Å². The van der Waals surface area contributed by atoms with Gasteiger partial charge in [-0.25, -0.2) is 5.10 Å². The van der Waals surface area contributed by atoms with Crippen molar-refractivity contribution in [3.63, 3.8) is 0 Å². The zero-order chi connectivity index (χ0) is 12.8. The summed E-state index contributed by atoms with van der Waals surface area (Å²) in [5.74, 6) is -0.760. The minimum Gasteiger partial charge on any atom is -0.469 e. The van der Waals surface area contributed by atoms with E-state index in [0.29, 0.717) is 0 Å². The van der Waals surface area contributed by atoms with Crippen molar-refractivity contribution in [1.82, 2.24) is 15.1 Å². The van der Waals surface area contributed by atoms with Crippen molar-refractivity contribution in [2.24, 2.45) is 0 Å². The van der Waals surface area contributed by atoms with E-state index in [1.807, 2.05) is 0 Å². The van der Waals surface area contributed by atoms with Crippen molar-refractivity contribution < 1.29 is 14.3 Å². The number of amides is 1. The van der Waals surface area contributed by atoms with E-state index in [2.05, 4.69) is 14.9 Å². The Morgan fingerprint density at radius 2 is 2.18 bits per heavy atom. The van der Waals surface area contributed by atoms with E-state index in [1.54, 1.807) is 0 Å². The van der Waals surface area contributed by atoms with Gasteiger partial charge in [0.15, 0.2) is 0 Å². The average Bonchev–Trinajstić information content (AvgIpc) is 2.35. The van der Waals surface area contributed by atoms with Crippen molar-refractivity contribution in [1.29, 1.82) is 0 Å². The summed E-state index contributed by atoms with van der Waals surface area (Å²) in [7, 11) is 2.83. The molecule has 1 heterocycles. The number of hydrogen-bond donors (Lipinski definition) is 1. The minimum absolute atomic E-state index is 0.113. The van der Waals surface area contributed by atoms with Gasteiger partial charge in [-0.2, -0.15) is 5.10 Å². The predicted molar refractivity (Wildman–Crippen MR) is 58.5 cm³/mol. The summed E-state index contributed by atoms with van der Waals surface area (Å²) < 4.78 is 4.46. The molecule has 1 aromatic rings. The fraction of sp³-hybridized carbons (Fsp3) is 0.400. The third kappa shape index (κ3) is 3.71. The number of aromatic nitrogens is 2. The van der Waals surface area contributed by atoms with E-state index in [9.17, 15) is 14.4 Å². The van der Waals surface area contributed by atoms with Gasteiger partial charge in [-0.3, -0.25) is 14.4 Å². The highest BCUT2D eigenvalue weighted by molar-refractivity contribution is 5.92. The SMILES string of the molecule is COC(=O)CCN(C)C(=O)c1ccc(=O)[nH]n1. The number of esters is 1. The highest BCUT2D eigenvalue weighted by Crippen LogP contribution is 1.98. The number of carbonyl (C=O) groups is 2. The van der Waals surface area contributed by atoms with E-state index < -0.39 is 0 Å². The maximum absolute atomic E-state index is 11.7. The van der Waals surface area contributed by atoms with Crippen LogP contribution in [0.5, 0.6) is 0 Å². The minimum atomic E-state index is -0.390. The highest BCUT2D eigenvalue weighted by Gasteiger charge is 2.14. The van der Waals surface area contributed by atoms with Crippen molar-refractivity contribution in [2.45, 2.75) is 6.42 Å². The van der Waals surface area contributed by atoms with Crippen LogP contribution in [-0.2, 0) is 9.53 Å². The maximum Gasteiger partial charge on any atom is 0.307 e. The average molecular weight is 239 g/mol. The second-order valence-corrected chi connectivity index (χ2v) is 3.36. The lowest BCUT2D eigenvalue weighted by molar-refractivity contribution is -0.140. The molecule has 0 saturated carbocycles. The quantitative estimate of drug-likeness (QED) is 0.708. The van der Waals surface area contributed by atoms with Crippen LogP contribution in [-0.4, -0.2) is 47.7 Å². The van der Waals surface area contributed by atoms with Gasteiger partial charge in [-0.15, -0.1) is 0 Å². The molecular formula is C10H13N3O4. The number of nitrogens with one attached hydrogen (secondary N) is 1. The van der Waals surface area contributed by atoms with Crippen molar-refractivity contribution in [3.8, 4) is 0 Å². The molecule has 0 atom stereocenters. The fourth-order valence-corrected chi connectivity index (χ4v) is 1.12. The standard InChI is InChI=1S/C10H13N3O4/c1-13(6-5-9(15)17-2)10(16)7-3-4-8(14)12-11-7/h3-4H,5-6H2,1-2H3,(H,12,14). The van der Waals surface area contributed by atoms with Crippen LogP contribution in [0.25, 0.3) is 0 Å². The molecule has 0 aromatic carbocycles. The number of H-pyrrole nitrogens is 1. The molecule has 0 fully saturated rings. The smallest absolute Gasteiger partial charge is 0.307 e. The molecule has 0 bridgehead atoms. The number of carbonyl (C=O) groups excluding carboxylic acids is 2. The molecule has 1 amide bonds. The molecule has 1 rings (SSSR count). The third-order valence-corrected chi connectivity index (χ3v) is 2.12. The number of rotatable bonds is 4. The monoisotopic (exact) mass is 239 g/mol. The Balaban J connectivity index is 2.60. The van der Waals surface area contributed by atoms with Crippen LogP contribution >= 0.6 is 0 Å². The zero-order valence-corrected chi connectivity index (χ0v) is 9.60. The molecule has 17 heavy (non-hydrogen) atoms. The Hall–Kier alpha value is -2.18. The number of ether oxygens (including phenoxy) is 1. The Labute approximate surface area is 97.4 Å². The summed E-state index contributed by atoms with van der Waals surface area (Å²) >= 11 is 0. The molecule has 92 valence electrons. The Bertz CT molecular complexity index is 448. The number of hydrogen-bond acceptors (Lipinski definition) is 5. The van der Waals surface area contributed by atoms with Crippen molar-refractivity contribution in [2.75, 3.05) is 20.7 Å². The van der Waals surface area contributed by atoms with Crippen LogP contribution in [0.3, 0.4) is 0 Å². The molecule has 1 aromatic heterocycles. The first-order valence-electron chi connectivity index (χ1n) is 4.92. The largest absolute Gasteiger partial charge is 0.469 e. The van der Waals surface area contributed by atoms with Crippen LogP contribution in [0.1, 0.15) is 16.9 Å². The molecule has 0 spiro atoms. The van der Waals surface area contributed by atoms with Gasteiger partial charge >= 0.3 is 5.97 Å². The number of methoxy groups -OCH3 is 1. The molecular weight excluding hydrogens is 226 g/mol. The normalized spacial score (nSPS) is 9.76. The Kier molecular flexibility index (Phi) is 4.38. The lowest BCUT2D eigenvalue weighted by Crippen LogP contribution is -2.30. The lowest BCUT2D eigenvalue weighted by atomic mass is 10.3. The second kappa shape index (κ2) is 5.78. The fourth-order valence-electron chi connectivity index (χ4n) is 1.12. The van der Waals surface area contributed by atoms with Gasteiger partial charge in [0.2, 0.25) is 0 Å². The summed E-state index contributed by atoms with van der Waals surface area (Å²) in [6.07, 6.45) is 0.113. The summed E-state index contributed by atoms with van der Waals surface area (Å²) in [6, 6.07) is 2.55. The maximum atomic E-state index is 11.7. The number of nitrogens with zero attached hydrogens (tertiary/aromatic N) is 2. The first-order valence-corrected chi connectivity index (χ1v) is 4.92. The van der Waals surface area contributed by atoms with E-state index in [4.69, 9.17) is 0 Å². The molecule has 0 aliphatic heterocycles. The summed E-state index contributed by atoms with van der Waals surface area (Å²) in [6.45, 7) is 0.228. The van der Waals surface area contributed by atoms with Crippen molar-refractivity contribution >= 4 is 11.9 Å². The third-order valence-electron chi connectivity index (χ3n) is 2.12. The molecule has 0 aliphatic rings. The van der Waals surface area contributed by atoms with Crippen LogP contribution in [0.4, 0.5) is 0 Å². The highest BCUT2D eigenvalue weighted by atomic mass is 16.5. The van der Waals surface area contributed by atoms with Gasteiger partial charge in [0.1, 0.15) is 5.69 Å². The molecule has 7 nitrogen and oxygen atoms in total. The van der Waals surface area contributed by atoms with Gasteiger partial charge < -0.3 is 9.64 Å². The van der Waals surface area contributed by atoms with E-state index in [0.717, 1.165) is 0 Å². The topological polar surface area (TPSA) is 92.4 Å². The second-order valence-electron chi connectivity index (χ2n) is 3.36. The summed E-state index contributed by atoms with van der Waals surface area (Å²) in [4.78, 5) is 34.7. The molecule has 0 aliphatic carbocycles. The van der Waals surface area contributed by atoms with Gasteiger partial charge in [-0.05, 0) is 6.07 Å². The molecule has 0 radical (unpaired) electrons. The summed E-state index contributed by atoms with van der Waals surface area (Å²) in [5, 5.41) is 5.77. The van der Waals surface area contributed by atoms with Crippen LogP contribution in [0.15, 0.2) is 16.9 Å². The summed E-state index contributed by atoms with van der Waals surface area (Å²) in [5.41, 5.74) is -0.254. The molecule has 1 N–H and O–H groups in total. The van der Waals surface area contributed by atoms with Crippen molar-refractivity contribution in [3.05, 3.63) is 28.2 Å². The van der Waals surface area contributed by atoms with Crippen LogP contribution in [0, 0.1) is 0 Å². The van der Waals surface area contributed by atoms with E-state index in [-0.39, 0.29) is 36.1 Å². The molecule has 0 saturated heterocycles. The van der Waals surface area contributed by atoms with Gasteiger partial charge in [0, 0.05) is 19.7 Å². The Morgan fingerprint density at radius 1 is 1.47 bits per heavy atom. The van der Waals surface area contributed by atoms with Gasteiger partial charge in [-0.1, -0.05) is 0 Å². The zero-order valence-electron chi connectivity index (χ0n) is 9.60. The van der Waals surface area contributed by atoms with Gasteiger partial charge in [0.05, 0.1) is 13.5 Å². The lowest BCUT2D eigenvalue weighted by Gasteiger charge is -2.15. The van der Waals surface area contributed by atoms with E-state index in [1.165, 1.54) is 31.2 Å². The first-order chi connectivity index (χ1) is 8.04. The van der Waals surface area contributed by atoms with E-state index >= 15 is 0 Å². The van der Waals surface area contributed by atoms with Gasteiger partial charge in [0.25, 0.3) is 11.5 Å². The predicted octanol–water partition coefficient (Wildman–Crippen LogP) is -0.595. The first kappa shape index (κ1) is 12.9. The Morgan fingerprint density at radius 3 is 2.71 bits per heavy atom. The molecule has 7 heteroatoms.